The molecular formula is C29H17F6NO2S. The van der Waals surface area contributed by atoms with E-state index in [-0.39, 0.29) is 22.1 Å². The van der Waals surface area contributed by atoms with Crippen LogP contribution >= 0.6 is 11.8 Å². The number of anilines is 2. The number of aliphatic hydroxyl groups is 1. The van der Waals surface area contributed by atoms with E-state index in [0.717, 1.165) is 36.0 Å². The molecule has 3 nitrogen and oxygen atoms in total. The summed E-state index contributed by atoms with van der Waals surface area (Å²) >= 11 is 0.844. The van der Waals surface area contributed by atoms with Crippen molar-refractivity contribution in [2.24, 2.45) is 0 Å². The third-order valence-electron chi connectivity index (χ3n) is 6.87. The van der Waals surface area contributed by atoms with Gasteiger partial charge in [0.2, 0.25) is 0 Å². The molecule has 0 spiro atoms. The van der Waals surface area contributed by atoms with Gasteiger partial charge in [-0.3, -0.25) is 4.79 Å². The first-order valence-electron chi connectivity index (χ1n) is 11.7. The fraction of sp³-hybridized carbons (Fsp3) is 0.138. The maximum Gasteiger partial charge on any atom is 0.416 e. The van der Waals surface area contributed by atoms with Crippen molar-refractivity contribution in [1.29, 1.82) is 0 Å². The molecule has 39 heavy (non-hydrogen) atoms. The summed E-state index contributed by atoms with van der Waals surface area (Å²) in [6.07, 6.45) is -10.2. The van der Waals surface area contributed by atoms with Crippen LogP contribution in [0.2, 0.25) is 0 Å². The molecule has 2 aliphatic rings. The van der Waals surface area contributed by atoms with E-state index in [0.29, 0.717) is 39.2 Å². The Hall–Kier alpha value is -3.76. The van der Waals surface area contributed by atoms with E-state index in [9.17, 15) is 36.2 Å². The topological polar surface area (TPSA) is 40.5 Å². The molecule has 6 rings (SSSR count). The molecule has 0 radical (unpaired) electrons. The molecule has 4 aromatic rings. The lowest BCUT2D eigenvalue weighted by atomic mass is 9.82. The Balaban J connectivity index is 1.44. The second-order valence-electron chi connectivity index (χ2n) is 9.29. The molecule has 0 bridgehead atoms. The lowest BCUT2D eigenvalue weighted by molar-refractivity contribution is -0.138. The molecule has 0 saturated carbocycles. The molecular weight excluding hydrogens is 540 g/mol. The zero-order valence-corrected chi connectivity index (χ0v) is 20.6. The van der Waals surface area contributed by atoms with Crippen LogP contribution in [0.4, 0.5) is 37.7 Å². The van der Waals surface area contributed by atoms with Gasteiger partial charge in [-0.15, -0.1) is 0 Å². The molecule has 1 unspecified atom stereocenters. The molecule has 0 fully saturated rings. The quantitative estimate of drug-likeness (QED) is 0.253. The van der Waals surface area contributed by atoms with Gasteiger partial charge < -0.3 is 10.0 Å². The standard InChI is InChI=1S/C29H17F6NO2S/c30-28(31,32)16-6-9-22-24(12-16)39-25-13-17(29(33,34)35)7-10-23(25)36(22)14-15-5-8-20-21(11-15)27(38)19-4-2-1-3-18(19)26(20)37/h1-13,26,37H,14H2. The van der Waals surface area contributed by atoms with Crippen LogP contribution in [0.25, 0.3) is 0 Å². The Morgan fingerprint density at radius 1 is 0.718 bits per heavy atom. The van der Waals surface area contributed by atoms with Crippen LogP contribution in [0.3, 0.4) is 0 Å². The van der Waals surface area contributed by atoms with E-state index >= 15 is 0 Å². The average Bonchev–Trinajstić information content (AvgIpc) is 2.90. The highest BCUT2D eigenvalue weighted by atomic mass is 32.2. The molecule has 198 valence electrons. The molecule has 1 aliphatic heterocycles. The monoisotopic (exact) mass is 557 g/mol. The van der Waals surface area contributed by atoms with Crippen molar-refractivity contribution in [2.45, 2.75) is 34.8 Å². The Labute approximate surface area is 222 Å². The summed E-state index contributed by atoms with van der Waals surface area (Å²) < 4.78 is 80.6. The number of hydrogen-bond acceptors (Lipinski definition) is 4. The van der Waals surface area contributed by atoms with Gasteiger partial charge in [-0.2, -0.15) is 26.3 Å². The minimum atomic E-state index is -4.62. The number of aliphatic hydroxyl groups excluding tert-OH is 1. The van der Waals surface area contributed by atoms with Crippen molar-refractivity contribution in [3.63, 3.8) is 0 Å². The third kappa shape index (κ3) is 4.37. The van der Waals surface area contributed by atoms with Crippen LogP contribution in [-0.2, 0) is 18.9 Å². The van der Waals surface area contributed by atoms with Crippen LogP contribution < -0.4 is 4.90 Å². The molecule has 0 saturated heterocycles. The molecule has 1 heterocycles. The number of fused-ring (bicyclic) bond motifs is 4. The number of carbonyl (C=O) groups excluding carboxylic acids is 1. The van der Waals surface area contributed by atoms with Crippen molar-refractivity contribution in [2.75, 3.05) is 4.90 Å². The Kier molecular flexibility index (Phi) is 5.82. The Morgan fingerprint density at radius 2 is 1.28 bits per heavy atom. The number of hydrogen-bond donors (Lipinski definition) is 1. The van der Waals surface area contributed by atoms with E-state index in [1.165, 1.54) is 12.1 Å². The number of benzene rings is 4. The van der Waals surface area contributed by atoms with E-state index in [1.54, 1.807) is 47.4 Å². The number of rotatable bonds is 2. The van der Waals surface area contributed by atoms with E-state index in [4.69, 9.17) is 0 Å². The van der Waals surface area contributed by atoms with E-state index in [1.807, 2.05) is 0 Å². The molecule has 0 aromatic heterocycles. The molecule has 1 aliphatic carbocycles. The van der Waals surface area contributed by atoms with Gasteiger partial charge in [0.1, 0.15) is 6.10 Å². The van der Waals surface area contributed by atoms with Crippen molar-refractivity contribution in [1.82, 2.24) is 0 Å². The van der Waals surface area contributed by atoms with Gasteiger partial charge in [-0.05, 0) is 59.2 Å². The van der Waals surface area contributed by atoms with Gasteiger partial charge in [0.25, 0.3) is 0 Å². The lowest BCUT2D eigenvalue weighted by Crippen LogP contribution is -2.23. The summed E-state index contributed by atoms with van der Waals surface area (Å²) in [5.41, 5.74) is 1.18. The molecule has 10 heteroatoms. The van der Waals surface area contributed by atoms with E-state index in [2.05, 4.69) is 0 Å². The minimum Gasteiger partial charge on any atom is -0.384 e. The van der Waals surface area contributed by atoms with Crippen LogP contribution in [-0.4, -0.2) is 10.9 Å². The first-order valence-corrected chi connectivity index (χ1v) is 12.6. The van der Waals surface area contributed by atoms with Crippen LogP contribution in [0.15, 0.2) is 88.7 Å². The summed E-state index contributed by atoms with van der Waals surface area (Å²) in [5.74, 6) is -0.271. The highest BCUT2D eigenvalue weighted by molar-refractivity contribution is 7.99. The Bertz CT molecular complexity index is 1580. The largest absolute Gasteiger partial charge is 0.416 e. The molecule has 4 aromatic carbocycles. The highest BCUT2D eigenvalue weighted by Crippen LogP contribution is 2.51. The second-order valence-corrected chi connectivity index (χ2v) is 10.4. The fourth-order valence-corrected chi connectivity index (χ4v) is 6.16. The zero-order valence-electron chi connectivity index (χ0n) is 19.8. The van der Waals surface area contributed by atoms with Gasteiger partial charge in [0, 0.05) is 27.5 Å². The van der Waals surface area contributed by atoms with Gasteiger partial charge in [0.15, 0.2) is 5.78 Å². The minimum absolute atomic E-state index is 0.0651. The normalized spacial score (nSPS) is 16.3. The maximum atomic E-state index is 13.4. The van der Waals surface area contributed by atoms with Crippen LogP contribution in [0.1, 0.15) is 49.8 Å². The van der Waals surface area contributed by atoms with Gasteiger partial charge >= 0.3 is 12.4 Å². The van der Waals surface area contributed by atoms with E-state index < -0.39 is 29.6 Å². The van der Waals surface area contributed by atoms with Crippen LogP contribution in [0.5, 0.6) is 0 Å². The second kappa shape index (κ2) is 8.89. The maximum absolute atomic E-state index is 13.4. The summed E-state index contributed by atoms with van der Waals surface area (Å²) in [6, 6.07) is 18.0. The molecule has 1 atom stereocenters. The summed E-state index contributed by atoms with van der Waals surface area (Å²) in [7, 11) is 0. The zero-order chi connectivity index (χ0) is 27.7. The SMILES string of the molecule is O=C1c2ccccc2C(O)c2ccc(CN3c4ccc(C(F)(F)F)cc4Sc4cc(C(F)(F)F)ccc43)cc21. The predicted octanol–water partition coefficient (Wildman–Crippen LogP) is 8.15. The number of carbonyl (C=O) groups is 1. The fourth-order valence-electron chi connectivity index (χ4n) is 4.98. The van der Waals surface area contributed by atoms with Crippen LogP contribution in [0, 0.1) is 0 Å². The number of halogens is 6. The number of alkyl halides is 6. The average molecular weight is 558 g/mol. The third-order valence-corrected chi connectivity index (χ3v) is 7.97. The van der Waals surface area contributed by atoms with Gasteiger partial charge in [-0.1, -0.05) is 48.2 Å². The first-order chi connectivity index (χ1) is 18.4. The predicted molar refractivity (Wildman–Crippen MR) is 133 cm³/mol. The number of ketones is 1. The van der Waals surface area contributed by atoms with Crippen molar-refractivity contribution < 1.29 is 36.2 Å². The summed E-state index contributed by atoms with van der Waals surface area (Å²) in [4.78, 5) is 15.2. The smallest absolute Gasteiger partial charge is 0.384 e. The van der Waals surface area contributed by atoms with Crippen molar-refractivity contribution in [3.05, 3.63) is 118 Å². The highest BCUT2D eigenvalue weighted by Gasteiger charge is 2.36. The molecule has 1 N–H and O–H groups in total. The lowest BCUT2D eigenvalue weighted by Gasteiger charge is -2.34. The van der Waals surface area contributed by atoms with Gasteiger partial charge in [-0.25, -0.2) is 0 Å². The summed E-state index contributed by atoms with van der Waals surface area (Å²) in [5, 5.41) is 10.8. The Morgan fingerprint density at radius 3 is 1.87 bits per heavy atom. The van der Waals surface area contributed by atoms with Crippen molar-refractivity contribution in [3.8, 4) is 0 Å². The number of nitrogens with zero attached hydrogens (tertiary/aromatic N) is 1. The summed E-state index contributed by atoms with van der Waals surface area (Å²) in [6.45, 7) is 0.0651. The van der Waals surface area contributed by atoms with Gasteiger partial charge in [0.05, 0.1) is 22.5 Å². The first kappa shape index (κ1) is 25.5. The molecule has 0 amide bonds. The van der Waals surface area contributed by atoms with Crippen molar-refractivity contribution >= 4 is 28.9 Å².